The van der Waals surface area contributed by atoms with Gasteiger partial charge in [0, 0.05) is 18.1 Å². The second-order valence-electron chi connectivity index (χ2n) is 6.93. The van der Waals surface area contributed by atoms with E-state index in [4.69, 9.17) is 0 Å². The van der Waals surface area contributed by atoms with E-state index >= 15 is 0 Å². The van der Waals surface area contributed by atoms with Crippen LogP contribution in [0.3, 0.4) is 0 Å². The van der Waals surface area contributed by atoms with Crippen molar-refractivity contribution in [2.24, 2.45) is 5.92 Å². The van der Waals surface area contributed by atoms with E-state index in [2.05, 4.69) is 24.1 Å². The van der Waals surface area contributed by atoms with Crippen LogP contribution < -0.4 is 5.32 Å². The van der Waals surface area contributed by atoms with Crippen molar-refractivity contribution in [2.45, 2.75) is 70.4 Å². The molecule has 2 aliphatic rings. The van der Waals surface area contributed by atoms with Crippen LogP contribution in [-0.2, 0) is 0 Å². The van der Waals surface area contributed by atoms with Crippen molar-refractivity contribution in [1.29, 1.82) is 0 Å². The largest absolute Gasteiger partial charge is 0.394 e. The van der Waals surface area contributed by atoms with Gasteiger partial charge in [-0.2, -0.15) is 0 Å². The van der Waals surface area contributed by atoms with E-state index in [1.54, 1.807) is 0 Å². The summed E-state index contributed by atoms with van der Waals surface area (Å²) in [6.45, 7) is 8.45. The Morgan fingerprint density at radius 3 is 2.47 bits per heavy atom. The number of hydrogen-bond acceptors (Lipinski definition) is 3. The Kier molecular flexibility index (Phi) is 5.67. The van der Waals surface area contributed by atoms with Crippen molar-refractivity contribution in [2.75, 3.05) is 26.2 Å². The van der Waals surface area contributed by atoms with Crippen LogP contribution in [0, 0.1) is 5.92 Å². The van der Waals surface area contributed by atoms with Crippen molar-refractivity contribution >= 4 is 0 Å². The Labute approximate surface area is 118 Å². The first-order valence-corrected chi connectivity index (χ1v) is 8.26. The van der Waals surface area contributed by atoms with E-state index in [1.165, 1.54) is 58.2 Å². The van der Waals surface area contributed by atoms with Gasteiger partial charge in [0.2, 0.25) is 0 Å². The molecule has 3 nitrogen and oxygen atoms in total. The molecule has 3 heteroatoms. The maximum Gasteiger partial charge on any atom is 0.0610 e. The summed E-state index contributed by atoms with van der Waals surface area (Å²) in [4.78, 5) is 2.60. The van der Waals surface area contributed by atoms with Gasteiger partial charge in [0.15, 0.2) is 0 Å². The third-order valence-electron chi connectivity index (χ3n) is 4.59. The minimum Gasteiger partial charge on any atom is -0.394 e. The fourth-order valence-corrected chi connectivity index (χ4v) is 2.81. The van der Waals surface area contributed by atoms with E-state index in [9.17, 15) is 5.11 Å². The van der Waals surface area contributed by atoms with Crippen LogP contribution in [0.1, 0.15) is 58.8 Å². The quantitative estimate of drug-likeness (QED) is 0.565. The topological polar surface area (TPSA) is 35.5 Å². The molecule has 19 heavy (non-hydrogen) atoms. The van der Waals surface area contributed by atoms with Crippen LogP contribution in [0.5, 0.6) is 0 Å². The van der Waals surface area contributed by atoms with Gasteiger partial charge in [0.1, 0.15) is 0 Å². The molecule has 0 aliphatic heterocycles. The highest BCUT2D eigenvalue weighted by Crippen LogP contribution is 2.30. The summed E-state index contributed by atoms with van der Waals surface area (Å²) >= 11 is 0. The predicted molar refractivity (Wildman–Crippen MR) is 80.3 cm³/mol. The van der Waals surface area contributed by atoms with Gasteiger partial charge in [-0.1, -0.05) is 13.3 Å². The minimum atomic E-state index is -0.0469. The Bertz CT molecular complexity index is 263. The second kappa shape index (κ2) is 7.05. The molecule has 0 aromatic rings. The summed E-state index contributed by atoms with van der Waals surface area (Å²) in [6.07, 6.45) is 9.07. The van der Waals surface area contributed by atoms with Gasteiger partial charge in [-0.3, -0.25) is 0 Å². The van der Waals surface area contributed by atoms with Gasteiger partial charge in [0.25, 0.3) is 0 Å². The molecule has 0 aromatic carbocycles. The molecule has 2 rings (SSSR count). The Hall–Kier alpha value is -0.120. The highest BCUT2D eigenvalue weighted by atomic mass is 16.3. The standard InChI is InChI=1S/C16H32N2O/c1-3-18(12-14-6-7-14)11-5-4-10-16(2,13-19)17-15-8-9-15/h14-15,17,19H,3-13H2,1-2H3. The first-order chi connectivity index (χ1) is 9.15. The molecule has 2 N–H and O–H groups in total. The summed E-state index contributed by atoms with van der Waals surface area (Å²) in [6, 6.07) is 0.680. The number of unbranched alkanes of at least 4 members (excludes halogenated alkanes) is 1. The van der Waals surface area contributed by atoms with Gasteiger partial charge in [0.05, 0.1) is 6.61 Å². The highest BCUT2D eigenvalue weighted by Gasteiger charge is 2.31. The van der Waals surface area contributed by atoms with Crippen molar-refractivity contribution in [3.63, 3.8) is 0 Å². The molecule has 0 saturated heterocycles. The number of hydrogen-bond donors (Lipinski definition) is 2. The SMILES string of the molecule is CCN(CCCCC(C)(CO)NC1CC1)CC1CC1. The molecule has 2 fully saturated rings. The molecular weight excluding hydrogens is 236 g/mol. The van der Waals surface area contributed by atoms with Gasteiger partial charge in [-0.05, 0) is 64.5 Å². The predicted octanol–water partition coefficient (Wildman–Crippen LogP) is 2.39. The van der Waals surface area contributed by atoms with Crippen molar-refractivity contribution in [3.05, 3.63) is 0 Å². The minimum absolute atomic E-state index is 0.0469. The number of nitrogens with zero attached hydrogens (tertiary/aromatic N) is 1. The average Bonchev–Trinajstić information content (AvgIpc) is 3.29. The highest BCUT2D eigenvalue weighted by molar-refractivity contribution is 4.92. The molecule has 0 spiro atoms. The Morgan fingerprint density at radius 1 is 1.21 bits per heavy atom. The lowest BCUT2D eigenvalue weighted by atomic mass is 9.95. The third-order valence-corrected chi connectivity index (χ3v) is 4.59. The Balaban J connectivity index is 1.57. The van der Waals surface area contributed by atoms with Crippen LogP contribution in [0.2, 0.25) is 0 Å². The fourth-order valence-electron chi connectivity index (χ4n) is 2.81. The average molecular weight is 268 g/mol. The summed E-state index contributed by atoms with van der Waals surface area (Å²) in [5.41, 5.74) is -0.0469. The van der Waals surface area contributed by atoms with Gasteiger partial charge < -0.3 is 15.3 Å². The van der Waals surface area contributed by atoms with Crippen molar-refractivity contribution < 1.29 is 5.11 Å². The molecular formula is C16H32N2O. The van der Waals surface area contributed by atoms with Crippen LogP contribution >= 0.6 is 0 Å². The normalized spacial score (nSPS) is 22.7. The molecule has 0 radical (unpaired) electrons. The van der Waals surface area contributed by atoms with Gasteiger partial charge in [-0.15, -0.1) is 0 Å². The zero-order chi connectivity index (χ0) is 13.7. The maximum absolute atomic E-state index is 9.57. The molecule has 0 heterocycles. The lowest BCUT2D eigenvalue weighted by Gasteiger charge is -2.29. The first-order valence-electron chi connectivity index (χ1n) is 8.26. The van der Waals surface area contributed by atoms with E-state index in [1.807, 2.05) is 0 Å². The molecule has 2 aliphatic carbocycles. The third kappa shape index (κ3) is 5.80. The van der Waals surface area contributed by atoms with Crippen molar-refractivity contribution in [1.82, 2.24) is 10.2 Å². The lowest BCUT2D eigenvalue weighted by molar-refractivity contribution is 0.158. The van der Waals surface area contributed by atoms with E-state index in [0.717, 1.165) is 12.3 Å². The van der Waals surface area contributed by atoms with E-state index in [0.29, 0.717) is 6.04 Å². The number of rotatable bonds is 11. The van der Waals surface area contributed by atoms with Crippen molar-refractivity contribution in [3.8, 4) is 0 Å². The first kappa shape index (κ1) is 15.3. The summed E-state index contributed by atoms with van der Waals surface area (Å²) in [7, 11) is 0. The smallest absolute Gasteiger partial charge is 0.0610 e. The number of aliphatic hydroxyl groups excluding tert-OH is 1. The molecule has 0 aromatic heterocycles. The van der Waals surface area contributed by atoms with Crippen LogP contribution in [0.4, 0.5) is 0 Å². The second-order valence-corrected chi connectivity index (χ2v) is 6.93. The molecule has 112 valence electrons. The van der Waals surface area contributed by atoms with E-state index < -0.39 is 0 Å². The molecule has 0 amide bonds. The molecule has 0 bridgehead atoms. The molecule has 1 atom stereocenters. The molecule has 2 saturated carbocycles. The maximum atomic E-state index is 9.57. The van der Waals surface area contributed by atoms with Crippen LogP contribution in [-0.4, -0.2) is 47.8 Å². The number of nitrogens with one attached hydrogen (secondary N) is 1. The number of aliphatic hydroxyl groups is 1. The molecule has 1 unspecified atom stereocenters. The van der Waals surface area contributed by atoms with Gasteiger partial charge in [-0.25, -0.2) is 0 Å². The Morgan fingerprint density at radius 2 is 1.95 bits per heavy atom. The van der Waals surface area contributed by atoms with Crippen LogP contribution in [0.25, 0.3) is 0 Å². The zero-order valence-corrected chi connectivity index (χ0v) is 12.8. The summed E-state index contributed by atoms with van der Waals surface area (Å²) in [5, 5.41) is 13.2. The van der Waals surface area contributed by atoms with Crippen LogP contribution in [0.15, 0.2) is 0 Å². The van der Waals surface area contributed by atoms with E-state index in [-0.39, 0.29) is 12.1 Å². The summed E-state index contributed by atoms with van der Waals surface area (Å²) < 4.78 is 0. The monoisotopic (exact) mass is 268 g/mol. The fraction of sp³-hybridized carbons (Fsp3) is 1.00. The van der Waals surface area contributed by atoms with Gasteiger partial charge >= 0.3 is 0 Å². The zero-order valence-electron chi connectivity index (χ0n) is 12.8. The lowest BCUT2D eigenvalue weighted by Crippen LogP contribution is -2.47. The summed E-state index contributed by atoms with van der Waals surface area (Å²) in [5.74, 6) is 0.999.